The van der Waals surface area contributed by atoms with Crippen molar-refractivity contribution in [3.8, 4) is 0 Å². The first kappa shape index (κ1) is 19.7. The Morgan fingerprint density at radius 2 is 1.39 bits per heavy atom. The molecule has 1 atom stereocenters. The van der Waals surface area contributed by atoms with Crippen LogP contribution in [0.1, 0.15) is 77.6 Å². The van der Waals surface area contributed by atoms with E-state index in [9.17, 15) is 9.90 Å². The summed E-state index contributed by atoms with van der Waals surface area (Å²) in [5.74, 6) is -0.936. The second kappa shape index (κ2) is 13.1. The van der Waals surface area contributed by atoms with E-state index in [0.717, 1.165) is 19.3 Å². The molecule has 0 saturated carbocycles. The first-order chi connectivity index (χ1) is 11.2. The summed E-state index contributed by atoms with van der Waals surface area (Å²) in [4.78, 5) is 11.4. The molecule has 0 amide bonds. The van der Waals surface area contributed by atoms with E-state index >= 15 is 0 Å². The molecule has 0 bridgehead atoms. The van der Waals surface area contributed by atoms with Crippen LogP contribution in [-0.2, 0) is 11.3 Å². The van der Waals surface area contributed by atoms with E-state index in [1.807, 2.05) is 35.2 Å². The molecular weight excluding hydrogens is 286 g/mol. The van der Waals surface area contributed by atoms with E-state index in [4.69, 9.17) is 0 Å². The number of rotatable bonds is 14. The van der Waals surface area contributed by atoms with Crippen LogP contribution in [0.15, 0.2) is 30.6 Å². The van der Waals surface area contributed by atoms with Gasteiger partial charge in [0.1, 0.15) is 5.92 Å². The minimum atomic E-state index is -0.669. The van der Waals surface area contributed by atoms with Gasteiger partial charge in [0.25, 0.3) is 0 Å². The van der Waals surface area contributed by atoms with Crippen LogP contribution in [0.4, 0.5) is 0 Å². The first-order valence-electron chi connectivity index (χ1n) is 9.41. The predicted octanol–water partition coefficient (Wildman–Crippen LogP) is 4.99. The van der Waals surface area contributed by atoms with Crippen LogP contribution in [-0.4, -0.2) is 11.1 Å². The Morgan fingerprint density at radius 3 is 1.91 bits per heavy atom. The smallest absolute Gasteiger partial charge is 0.312 e. The molecule has 0 aliphatic rings. The molecule has 1 N–H and O–H groups in total. The molecule has 0 radical (unpaired) electrons. The zero-order chi connectivity index (χ0) is 16.8. The largest absolute Gasteiger partial charge is 0.481 e. The van der Waals surface area contributed by atoms with Crippen molar-refractivity contribution in [1.29, 1.82) is 0 Å². The molecule has 0 aliphatic heterocycles. The van der Waals surface area contributed by atoms with Crippen LogP contribution in [0, 0.1) is 5.92 Å². The number of carboxylic acid groups (broad SMARTS) is 1. The van der Waals surface area contributed by atoms with Crippen molar-refractivity contribution < 1.29 is 14.5 Å². The number of hydrogen-bond donors (Lipinski definition) is 1. The van der Waals surface area contributed by atoms with Gasteiger partial charge in [-0.25, -0.2) is 4.57 Å². The number of unbranched alkanes of at least 4 members (excludes halogenated alkanes) is 9. The van der Waals surface area contributed by atoms with Gasteiger partial charge >= 0.3 is 5.97 Å². The highest BCUT2D eigenvalue weighted by Crippen LogP contribution is 2.14. The van der Waals surface area contributed by atoms with Crippen molar-refractivity contribution in [1.82, 2.24) is 0 Å². The fourth-order valence-electron chi connectivity index (χ4n) is 2.98. The molecule has 3 heteroatoms. The predicted molar refractivity (Wildman–Crippen MR) is 94.2 cm³/mol. The van der Waals surface area contributed by atoms with Gasteiger partial charge in [-0.15, -0.1) is 0 Å². The highest BCUT2D eigenvalue weighted by molar-refractivity contribution is 5.69. The summed E-state index contributed by atoms with van der Waals surface area (Å²) in [7, 11) is 0. The topological polar surface area (TPSA) is 41.2 Å². The molecule has 0 aromatic carbocycles. The summed E-state index contributed by atoms with van der Waals surface area (Å²) in [6.07, 6.45) is 17.6. The highest BCUT2D eigenvalue weighted by atomic mass is 16.4. The van der Waals surface area contributed by atoms with Gasteiger partial charge in [0.05, 0.1) is 0 Å². The maximum absolute atomic E-state index is 11.4. The Kier molecular flexibility index (Phi) is 11.2. The number of pyridine rings is 1. The normalized spacial score (nSPS) is 12.2. The van der Waals surface area contributed by atoms with Crippen LogP contribution in [0.25, 0.3) is 0 Å². The van der Waals surface area contributed by atoms with Crippen molar-refractivity contribution in [2.24, 2.45) is 5.92 Å². The molecule has 1 aromatic heterocycles. The molecule has 0 saturated heterocycles. The van der Waals surface area contributed by atoms with Crippen molar-refractivity contribution in [2.75, 3.05) is 0 Å². The summed E-state index contributed by atoms with van der Waals surface area (Å²) in [6.45, 7) is 2.83. The maximum atomic E-state index is 11.4. The van der Waals surface area contributed by atoms with Gasteiger partial charge in [0, 0.05) is 12.1 Å². The van der Waals surface area contributed by atoms with Crippen LogP contribution < -0.4 is 4.57 Å². The summed E-state index contributed by atoms with van der Waals surface area (Å²) >= 11 is 0. The maximum Gasteiger partial charge on any atom is 0.312 e. The van der Waals surface area contributed by atoms with Crippen molar-refractivity contribution in [2.45, 2.75) is 84.1 Å². The zero-order valence-electron chi connectivity index (χ0n) is 14.8. The lowest BCUT2D eigenvalue weighted by atomic mass is 9.99. The molecule has 0 aliphatic carbocycles. The van der Waals surface area contributed by atoms with E-state index in [-0.39, 0.29) is 5.92 Å². The quantitative estimate of drug-likeness (QED) is 0.388. The number of carboxylic acids is 1. The molecular formula is C20H34NO2+. The van der Waals surface area contributed by atoms with E-state index < -0.39 is 5.97 Å². The summed E-state index contributed by atoms with van der Waals surface area (Å²) in [5, 5.41) is 9.36. The second-order valence-corrected chi connectivity index (χ2v) is 6.58. The Bertz CT molecular complexity index is 405. The van der Waals surface area contributed by atoms with Gasteiger partial charge in [0.15, 0.2) is 18.9 Å². The number of aromatic nitrogens is 1. The Hall–Kier alpha value is -1.38. The van der Waals surface area contributed by atoms with E-state index in [2.05, 4.69) is 6.92 Å². The third-order valence-corrected chi connectivity index (χ3v) is 4.46. The van der Waals surface area contributed by atoms with Gasteiger partial charge in [-0.05, 0) is 6.42 Å². The number of aliphatic carboxylic acids is 1. The lowest BCUT2D eigenvalue weighted by Gasteiger charge is -2.09. The minimum Gasteiger partial charge on any atom is -0.481 e. The first-order valence-corrected chi connectivity index (χ1v) is 9.41. The van der Waals surface area contributed by atoms with E-state index in [1.54, 1.807) is 0 Å². The van der Waals surface area contributed by atoms with Crippen molar-refractivity contribution >= 4 is 5.97 Å². The van der Waals surface area contributed by atoms with Gasteiger partial charge in [-0.1, -0.05) is 77.2 Å². The molecule has 3 nitrogen and oxygen atoms in total. The second-order valence-electron chi connectivity index (χ2n) is 6.58. The van der Waals surface area contributed by atoms with Crippen molar-refractivity contribution in [3.63, 3.8) is 0 Å². The molecule has 1 heterocycles. The number of hydrogen-bond acceptors (Lipinski definition) is 1. The van der Waals surface area contributed by atoms with Gasteiger partial charge in [0.2, 0.25) is 0 Å². The van der Waals surface area contributed by atoms with E-state index in [1.165, 1.54) is 51.4 Å². The average Bonchev–Trinajstić information content (AvgIpc) is 2.56. The molecule has 1 rings (SSSR count). The Morgan fingerprint density at radius 1 is 0.870 bits per heavy atom. The van der Waals surface area contributed by atoms with Gasteiger partial charge in [-0.3, -0.25) is 4.79 Å². The summed E-state index contributed by atoms with van der Waals surface area (Å²) in [5.41, 5.74) is 0. The van der Waals surface area contributed by atoms with Crippen LogP contribution in [0.3, 0.4) is 0 Å². The number of nitrogens with zero attached hydrogens (tertiary/aromatic N) is 1. The molecule has 1 unspecified atom stereocenters. The lowest BCUT2D eigenvalue weighted by Crippen LogP contribution is -2.39. The SMILES string of the molecule is CCCCCCCCCCCCC(C[n+]1ccccc1)C(=O)O. The van der Waals surface area contributed by atoms with Crippen LogP contribution >= 0.6 is 0 Å². The molecule has 23 heavy (non-hydrogen) atoms. The Labute approximate surface area is 141 Å². The third kappa shape index (κ3) is 10.1. The number of carbonyl (C=O) groups is 1. The molecule has 0 fully saturated rings. The van der Waals surface area contributed by atoms with E-state index in [0.29, 0.717) is 6.54 Å². The van der Waals surface area contributed by atoms with Crippen LogP contribution in [0.2, 0.25) is 0 Å². The Balaban J connectivity index is 2.06. The molecule has 130 valence electrons. The molecule has 0 spiro atoms. The molecule has 1 aromatic rings. The standard InChI is InChI=1S/C20H33NO2/c1-2-3-4-5-6-7-8-9-10-12-15-19(20(22)23)18-21-16-13-11-14-17-21/h11,13-14,16-17,19H,2-10,12,15,18H2,1H3/p+1. The van der Waals surface area contributed by atoms with Gasteiger partial charge in [-0.2, -0.15) is 0 Å². The summed E-state index contributed by atoms with van der Waals surface area (Å²) < 4.78 is 1.97. The fourth-order valence-corrected chi connectivity index (χ4v) is 2.98. The van der Waals surface area contributed by atoms with Gasteiger partial charge < -0.3 is 5.11 Å². The lowest BCUT2D eigenvalue weighted by molar-refractivity contribution is -0.701. The van der Waals surface area contributed by atoms with Crippen molar-refractivity contribution in [3.05, 3.63) is 30.6 Å². The fraction of sp³-hybridized carbons (Fsp3) is 0.700. The summed E-state index contributed by atoms with van der Waals surface area (Å²) in [6, 6.07) is 5.84. The third-order valence-electron chi connectivity index (χ3n) is 4.46. The van der Waals surface area contributed by atoms with Crippen LogP contribution in [0.5, 0.6) is 0 Å². The monoisotopic (exact) mass is 320 g/mol. The minimum absolute atomic E-state index is 0.267. The average molecular weight is 320 g/mol. The zero-order valence-corrected chi connectivity index (χ0v) is 14.8. The highest BCUT2D eigenvalue weighted by Gasteiger charge is 2.21.